The van der Waals surface area contributed by atoms with Crippen LogP contribution < -0.4 is 0 Å². The summed E-state index contributed by atoms with van der Waals surface area (Å²) in [7, 11) is 0. The SMILES string of the molecule is C=C(C)C(=O)OCCCOC(=O)C1CCC(=O)O1. The molecule has 0 bridgehead atoms. The van der Waals surface area contributed by atoms with Crippen LogP contribution in [0.5, 0.6) is 0 Å². The van der Waals surface area contributed by atoms with E-state index in [4.69, 9.17) is 14.2 Å². The maximum absolute atomic E-state index is 11.4. The Bertz CT molecular complexity index is 360. The fourth-order valence-corrected chi connectivity index (χ4v) is 1.30. The van der Waals surface area contributed by atoms with Crippen molar-refractivity contribution >= 4 is 17.9 Å². The van der Waals surface area contributed by atoms with Crippen molar-refractivity contribution < 1.29 is 28.6 Å². The number of hydrogen-bond acceptors (Lipinski definition) is 6. The van der Waals surface area contributed by atoms with Gasteiger partial charge in [0.05, 0.1) is 13.2 Å². The highest BCUT2D eigenvalue weighted by molar-refractivity contribution is 5.86. The highest BCUT2D eigenvalue weighted by atomic mass is 16.6. The number of carbonyl (C=O) groups is 3. The molecule has 100 valence electrons. The summed E-state index contributed by atoms with van der Waals surface area (Å²) in [4.78, 5) is 33.2. The van der Waals surface area contributed by atoms with Crippen LogP contribution in [0.3, 0.4) is 0 Å². The fraction of sp³-hybridized carbons (Fsp3) is 0.583. The maximum atomic E-state index is 11.4. The van der Waals surface area contributed by atoms with Gasteiger partial charge in [-0.3, -0.25) is 4.79 Å². The molecular weight excluding hydrogens is 240 g/mol. The Morgan fingerprint density at radius 1 is 1.39 bits per heavy atom. The first-order chi connectivity index (χ1) is 8.50. The molecule has 0 amide bonds. The second-order valence-electron chi connectivity index (χ2n) is 3.95. The van der Waals surface area contributed by atoms with Gasteiger partial charge in [-0.15, -0.1) is 0 Å². The Balaban J connectivity index is 2.07. The smallest absolute Gasteiger partial charge is 0.347 e. The molecule has 1 atom stereocenters. The van der Waals surface area contributed by atoms with Crippen molar-refractivity contribution in [3.63, 3.8) is 0 Å². The molecule has 0 aromatic carbocycles. The Morgan fingerprint density at radius 3 is 2.61 bits per heavy atom. The summed E-state index contributed by atoms with van der Waals surface area (Å²) in [6.07, 6.45) is 0.222. The first-order valence-electron chi connectivity index (χ1n) is 5.69. The van der Waals surface area contributed by atoms with Crippen molar-refractivity contribution in [3.8, 4) is 0 Å². The predicted molar refractivity (Wildman–Crippen MR) is 60.5 cm³/mol. The van der Waals surface area contributed by atoms with Gasteiger partial charge in [0.25, 0.3) is 0 Å². The van der Waals surface area contributed by atoms with Crippen molar-refractivity contribution in [1.29, 1.82) is 0 Å². The van der Waals surface area contributed by atoms with Crippen molar-refractivity contribution in [2.75, 3.05) is 13.2 Å². The molecule has 1 heterocycles. The first-order valence-corrected chi connectivity index (χ1v) is 5.69. The minimum atomic E-state index is -0.782. The number of hydrogen-bond donors (Lipinski definition) is 0. The van der Waals surface area contributed by atoms with Gasteiger partial charge in [0, 0.05) is 24.8 Å². The lowest BCUT2D eigenvalue weighted by atomic mass is 10.2. The molecule has 0 aromatic heterocycles. The molecule has 1 aliphatic rings. The number of esters is 3. The standard InChI is InChI=1S/C12H16O6/c1-8(2)11(14)16-6-3-7-17-12(15)9-4-5-10(13)18-9/h9H,1,3-7H2,2H3. The molecule has 1 rings (SSSR count). The molecule has 0 spiro atoms. The van der Waals surface area contributed by atoms with E-state index in [1.54, 1.807) is 6.92 Å². The summed E-state index contributed by atoms with van der Waals surface area (Å²) in [5.74, 6) is -1.40. The first kappa shape index (κ1) is 14.2. The lowest BCUT2D eigenvalue weighted by Gasteiger charge is -2.09. The van der Waals surface area contributed by atoms with E-state index < -0.39 is 18.0 Å². The minimum absolute atomic E-state index is 0.121. The summed E-state index contributed by atoms with van der Waals surface area (Å²) < 4.78 is 14.4. The Morgan fingerprint density at radius 2 is 2.06 bits per heavy atom. The van der Waals surface area contributed by atoms with Gasteiger partial charge in [0.15, 0.2) is 6.10 Å². The van der Waals surface area contributed by atoms with Gasteiger partial charge < -0.3 is 14.2 Å². The van der Waals surface area contributed by atoms with E-state index in [-0.39, 0.29) is 25.6 Å². The zero-order valence-corrected chi connectivity index (χ0v) is 10.3. The molecule has 1 aliphatic heterocycles. The molecule has 1 fully saturated rings. The molecule has 18 heavy (non-hydrogen) atoms. The van der Waals surface area contributed by atoms with Crippen molar-refractivity contribution in [3.05, 3.63) is 12.2 Å². The quantitative estimate of drug-likeness (QED) is 0.302. The van der Waals surface area contributed by atoms with Gasteiger partial charge >= 0.3 is 17.9 Å². The highest BCUT2D eigenvalue weighted by Gasteiger charge is 2.30. The van der Waals surface area contributed by atoms with Crippen LogP contribution >= 0.6 is 0 Å². The van der Waals surface area contributed by atoms with E-state index >= 15 is 0 Å². The van der Waals surface area contributed by atoms with Gasteiger partial charge in [0.2, 0.25) is 0 Å². The van der Waals surface area contributed by atoms with Crippen molar-refractivity contribution in [2.45, 2.75) is 32.3 Å². The van der Waals surface area contributed by atoms with E-state index in [0.717, 1.165) is 0 Å². The fourth-order valence-electron chi connectivity index (χ4n) is 1.30. The molecule has 1 saturated heterocycles. The van der Waals surface area contributed by atoms with Gasteiger partial charge in [-0.25, -0.2) is 9.59 Å². The van der Waals surface area contributed by atoms with Gasteiger partial charge in [-0.1, -0.05) is 6.58 Å². The number of rotatable bonds is 6. The number of ether oxygens (including phenoxy) is 3. The molecule has 0 aliphatic carbocycles. The summed E-state index contributed by atoms with van der Waals surface area (Å²) in [6.45, 7) is 5.26. The maximum Gasteiger partial charge on any atom is 0.347 e. The van der Waals surface area contributed by atoms with Gasteiger partial charge in [-0.2, -0.15) is 0 Å². The largest absolute Gasteiger partial charge is 0.463 e. The zero-order valence-electron chi connectivity index (χ0n) is 10.3. The van der Waals surface area contributed by atoms with Crippen LogP contribution in [-0.4, -0.2) is 37.2 Å². The summed E-state index contributed by atoms with van der Waals surface area (Å²) in [5, 5.41) is 0. The second-order valence-corrected chi connectivity index (χ2v) is 3.95. The van der Waals surface area contributed by atoms with E-state index in [9.17, 15) is 14.4 Å². The monoisotopic (exact) mass is 256 g/mol. The van der Waals surface area contributed by atoms with E-state index in [1.165, 1.54) is 0 Å². The average molecular weight is 256 g/mol. The molecule has 1 unspecified atom stereocenters. The van der Waals surface area contributed by atoms with Crippen LogP contribution in [0.25, 0.3) is 0 Å². The Labute approximate surface area is 105 Å². The van der Waals surface area contributed by atoms with Crippen LogP contribution in [0.4, 0.5) is 0 Å². The molecule has 0 saturated carbocycles. The van der Waals surface area contributed by atoms with Crippen molar-refractivity contribution in [2.24, 2.45) is 0 Å². The highest BCUT2D eigenvalue weighted by Crippen LogP contribution is 2.14. The van der Waals surface area contributed by atoms with Crippen LogP contribution in [0, 0.1) is 0 Å². The third-order valence-corrected chi connectivity index (χ3v) is 2.26. The van der Waals surface area contributed by atoms with Gasteiger partial charge in [0.1, 0.15) is 0 Å². The van der Waals surface area contributed by atoms with Crippen LogP contribution in [-0.2, 0) is 28.6 Å². The normalized spacial score (nSPS) is 18.1. The molecule has 6 nitrogen and oxygen atoms in total. The molecular formula is C12H16O6. The second kappa shape index (κ2) is 6.78. The van der Waals surface area contributed by atoms with Crippen LogP contribution in [0.1, 0.15) is 26.2 Å². The third-order valence-electron chi connectivity index (χ3n) is 2.26. The van der Waals surface area contributed by atoms with E-state index in [1.807, 2.05) is 0 Å². The van der Waals surface area contributed by atoms with Crippen molar-refractivity contribution in [1.82, 2.24) is 0 Å². The predicted octanol–water partition coefficient (Wildman–Crippen LogP) is 0.745. The molecule has 0 radical (unpaired) electrons. The zero-order chi connectivity index (χ0) is 13.5. The van der Waals surface area contributed by atoms with Crippen LogP contribution in [0.2, 0.25) is 0 Å². The Kier molecular flexibility index (Phi) is 5.35. The lowest BCUT2D eigenvalue weighted by Crippen LogP contribution is -2.23. The summed E-state index contributed by atoms with van der Waals surface area (Å²) in [5.41, 5.74) is 0.324. The minimum Gasteiger partial charge on any atom is -0.463 e. The molecule has 0 N–H and O–H groups in total. The average Bonchev–Trinajstić information content (AvgIpc) is 2.74. The number of cyclic esters (lactones) is 1. The Hall–Kier alpha value is -1.85. The summed E-state index contributed by atoms with van der Waals surface area (Å²) >= 11 is 0. The van der Waals surface area contributed by atoms with Crippen LogP contribution in [0.15, 0.2) is 12.2 Å². The summed E-state index contributed by atoms with van der Waals surface area (Å²) in [6, 6.07) is 0. The van der Waals surface area contributed by atoms with E-state index in [0.29, 0.717) is 18.4 Å². The number of carbonyl (C=O) groups excluding carboxylic acids is 3. The molecule has 0 aromatic rings. The topological polar surface area (TPSA) is 78.9 Å². The lowest BCUT2D eigenvalue weighted by molar-refractivity contribution is -0.161. The third kappa shape index (κ3) is 4.57. The van der Waals surface area contributed by atoms with E-state index in [2.05, 4.69) is 6.58 Å². The van der Waals surface area contributed by atoms with Gasteiger partial charge in [-0.05, 0) is 6.92 Å². The molecule has 6 heteroatoms.